The van der Waals surface area contributed by atoms with Gasteiger partial charge < -0.3 is 9.84 Å². The molecule has 7 heteroatoms. The molecule has 0 aliphatic rings. The van der Waals surface area contributed by atoms with Gasteiger partial charge in [0, 0.05) is 21.4 Å². The number of carbonyl (C=O) groups excluding carboxylic acids is 1. The van der Waals surface area contributed by atoms with Crippen LogP contribution in [0.2, 0.25) is 0 Å². The van der Waals surface area contributed by atoms with Crippen LogP contribution in [-0.4, -0.2) is 16.0 Å². The van der Waals surface area contributed by atoms with Crippen molar-refractivity contribution in [2.24, 2.45) is 0 Å². The molecule has 0 unspecified atom stereocenters. The number of thiophene rings is 1. The monoisotopic (exact) mass is 417 g/mol. The molecule has 0 saturated carbocycles. The van der Waals surface area contributed by atoms with Crippen molar-refractivity contribution in [1.82, 2.24) is 15.5 Å². The van der Waals surface area contributed by atoms with E-state index in [2.05, 4.69) is 10.5 Å². The summed E-state index contributed by atoms with van der Waals surface area (Å²) >= 11 is 3.17. The van der Waals surface area contributed by atoms with E-state index in [-0.39, 0.29) is 5.91 Å². The zero-order valence-corrected chi connectivity index (χ0v) is 16.8. The molecule has 0 spiro atoms. The number of nitrogens with zero attached hydrogens (tertiary/aromatic N) is 2. The summed E-state index contributed by atoms with van der Waals surface area (Å²) in [5.74, 6) is -0.129. The Morgan fingerprint density at radius 3 is 2.76 bits per heavy atom. The quantitative estimate of drug-likeness (QED) is 0.404. The average molecular weight is 418 g/mol. The molecule has 0 atom stereocenters. The first-order valence-electron chi connectivity index (χ1n) is 8.99. The van der Waals surface area contributed by atoms with E-state index in [0.717, 1.165) is 26.5 Å². The highest BCUT2D eigenvalue weighted by Crippen LogP contribution is 2.32. The van der Waals surface area contributed by atoms with Crippen LogP contribution < -0.4 is 5.32 Å². The van der Waals surface area contributed by atoms with Crippen LogP contribution in [0.15, 0.2) is 75.9 Å². The molecule has 142 valence electrons. The van der Waals surface area contributed by atoms with Gasteiger partial charge in [-0.3, -0.25) is 4.79 Å². The standard InChI is InChI=1S/C22H15N3O2S2/c26-21(23-12-16-7-4-10-28-16)15-8-9-19-17(11-15)20(25-27-19)18-13-29-22(24-18)14-5-2-1-3-6-14/h1-11,13H,12H2,(H,23,26). The van der Waals surface area contributed by atoms with E-state index >= 15 is 0 Å². The molecular formula is C22H15N3O2S2. The number of rotatable bonds is 5. The molecule has 5 aromatic rings. The first-order valence-corrected chi connectivity index (χ1v) is 10.8. The van der Waals surface area contributed by atoms with Gasteiger partial charge in [0.15, 0.2) is 5.58 Å². The molecule has 0 aliphatic carbocycles. The van der Waals surface area contributed by atoms with Gasteiger partial charge in [-0.15, -0.1) is 22.7 Å². The van der Waals surface area contributed by atoms with Gasteiger partial charge in [0.25, 0.3) is 5.91 Å². The number of benzene rings is 2. The van der Waals surface area contributed by atoms with Crippen LogP contribution in [0.25, 0.3) is 32.9 Å². The molecule has 3 heterocycles. The van der Waals surface area contributed by atoms with E-state index in [9.17, 15) is 4.79 Å². The minimum atomic E-state index is -0.129. The number of aromatic nitrogens is 2. The highest BCUT2D eigenvalue weighted by molar-refractivity contribution is 7.13. The number of thiazole rings is 1. The van der Waals surface area contributed by atoms with Crippen LogP contribution in [0, 0.1) is 0 Å². The zero-order valence-electron chi connectivity index (χ0n) is 15.2. The van der Waals surface area contributed by atoms with E-state index in [0.29, 0.717) is 23.4 Å². The molecule has 5 rings (SSSR count). The molecule has 0 saturated heterocycles. The van der Waals surface area contributed by atoms with Gasteiger partial charge >= 0.3 is 0 Å². The minimum absolute atomic E-state index is 0.129. The fourth-order valence-electron chi connectivity index (χ4n) is 3.04. The Kier molecular flexibility index (Phi) is 4.67. The summed E-state index contributed by atoms with van der Waals surface area (Å²) in [6, 6.07) is 19.3. The van der Waals surface area contributed by atoms with Gasteiger partial charge in [0.05, 0.1) is 11.9 Å². The fraction of sp³-hybridized carbons (Fsp3) is 0.0455. The molecule has 1 N–H and O–H groups in total. The predicted octanol–water partition coefficient (Wildman–Crippen LogP) is 5.61. The molecule has 29 heavy (non-hydrogen) atoms. The number of hydrogen-bond donors (Lipinski definition) is 1. The van der Waals surface area contributed by atoms with Crippen molar-refractivity contribution in [3.63, 3.8) is 0 Å². The van der Waals surface area contributed by atoms with E-state index in [1.54, 1.807) is 34.8 Å². The Morgan fingerprint density at radius 2 is 1.93 bits per heavy atom. The molecular weight excluding hydrogens is 402 g/mol. The Morgan fingerprint density at radius 1 is 1.03 bits per heavy atom. The largest absolute Gasteiger partial charge is 0.356 e. The lowest BCUT2D eigenvalue weighted by Gasteiger charge is -2.03. The number of fused-ring (bicyclic) bond motifs is 1. The Hall–Kier alpha value is -3.29. The van der Waals surface area contributed by atoms with Gasteiger partial charge in [-0.1, -0.05) is 41.6 Å². The Bertz CT molecular complexity index is 1270. The fourth-order valence-corrected chi connectivity index (χ4v) is 4.50. The van der Waals surface area contributed by atoms with E-state index in [4.69, 9.17) is 9.51 Å². The SMILES string of the molecule is O=C(NCc1cccs1)c1ccc2onc(-c3csc(-c4ccccc4)n3)c2c1. The Labute approximate surface area is 174 Å². The second-order valence-corrected chi connectivity index (χ2v) is 8.30. The molecule has 1 amide bonds. The average Bonchev–Trinajstić information content (AvgIpc) is 3.52. The number of amides is 1. The third-order valence-electron chi connectivity index (χ3n) is 4.50. The first kappa shape index (κ1) is 17.8. The molecule has 5 nitrogen and oxygen atoms in total. The van der Waals surface area contributed by atoms with Crippen molar-refractivity contribution in [3.8, 4) is 22.0 Å². The minimum Gasteiger partial charge on any atom is -0.356 e. The lowest BCUT2D eigenvalue weighted by atomic mass is 10.1. The predicted molar refractivity (Wildman–Crippen MR) is 116 cm³/mol. The molecule has 0 bridgehead atoms. The molecule has 3 aromatic heterocycles. The molecule has 2 aromatic carbocycles. The van der Waals surface area contributed by atoms with Crippen molar-refractivity contribution >= 4 is 39.5 Å². The van der Waals surface area contributed by atoms with Crippen LogP contribution in [0.1, 0.15) is 15.2 Å². The lowest BCUT2D eigenvalue weighted by Crippen LogP contribution is -2.22. The maximum Gasteiger partial charge on any atom is 0.251 e. The molecule has 0 fully saturated rings. The summed E-state index contributed by atoms with van der Waals surface area (Å²) < 4.78 is 5.46. The smallest absolute Gasteiger partial charge is 0.251 e. The van der Waals surface area contributed by atoms with E-state index in [1.165, 1.54) is 0 Å². The highest BCUT2D eigenvalue weighted by atomic mass is 32.1. The van der Waals surface area contributed by atoms with Crippen LogP contribution in [0.5, 0.6) is 0 Å². The van der Waals surface area contributed by atoms with Crippen molar-refractivity contribution in [1.29, 1.82) is 0 Å². The third kappa shape index (κ3) is 3.57. The summed E-state index contributed by atoms with van der Waals surface area (Å²) in [5.41, 5.74) is 3.64. The van der Waals surface area contributed by atoms with Crippen molar-refractivity contribution in [2.75, 3.05) is 0 Å². The van der Waals surface area contributed by atoms with Crippen LogP contribution in [0.4, 0.5) is 0 Å². The number of carbonyl (C=O) groups is 1. The zero-order chi connectivity index (χ0) is 19.6. The summed E-state index contributed by atoms with van der Waals surface area (Å²) in [5, 5.41) is 12.8. The van der Waals surface area contributed by atoms with Gasteiger partial charge in [0.1, 0.15) is 16.4 Å². The Balaban J connectivity index is 1.44. The second kappa shape index (κ2) is 7.62. The van der Waals surface area contributed by atoms with Gasteiger partial charge in [-0.05, 0) is 29.6 Å². The van der Waals surface area contributed by atoms with Crippen molar-refractivity contribution in [2.45, 2.75) is 6.54 Å². The molecule has 0 radical (unpaired) electrons. The normalized spacial score (nSPS) is 11.0. The summed E-state index contributed by atoms with van der Waals surface area (Å²) in [7, 11) is 0. The lowest BCUT2D eigenvalue weighted by molar-refractivity contribution is 0.0951. The third-order valence-corrected chi connectivity index (χ3v) is 6.27. The van der Waals surface area contributed by atoms with Crippen LogP contribution in [0.3, 0.4) is 0 Å². The van der Waals surface area contributed by atoms with Gasteiger partial charge in [-0.25, -0.2) is 4.98 Å². The topological polar surface area (TPSA) is 68.0 Å². The molecule has 0 aliphatic heterocycles. The van der Waals surface area contributed by atoms with E-state index < -0.39 is 0 Å². The highest BCUT2D eigenvalue weighted by Gasteiger charge is 2.16. The maximum atomic E-state index is 12.6. The first-order chi connectivity index (χ1) is 14.3. The number of nitrogens with one attached hydrogen (secondary N) is 1. The summed E-state index contributed by atoms with van der Waals surface area (Å²) in [6.45, 7) is 0.511. The van der Waals surface area contributed by atoms with Crippen LogP contribution in [-0.2, 0) is 6.54 Å². The van der Waals surface area contributed by atoms with Crippen LogP contribution >= 0.6 is 22.7 Å². The van der Waals surface area contributed by atoms with E-state index in [1.807, 2.05) is 59.3 Å². The van der Waals surface area contributed by atoms with Gasteiger partial charge in [0.2, 0.25) is 0 Å². The van der Waals surface area contributed by atoms with Crippen molar-refractivity contribution in [3.05, 3.63) is 81.9 Å². The second-order valence-electron chi connectivity index (χ2n) is 6.41. The number of hydrogen-bond acceptors (Lipinski definition) is 6. The summed E-state index contributed by atoms with van der Waals surface area (Å²) in [6.07, 6.45) is 0. The summed E-state index contributed by atoms with van der Waals surface area (Å²) in [4.78, 5) is 18.4. The maximum absolute atomic E-state index is 12.6. The van der Waals surface area contributed by atoms with Gasteiger partial charge in [-0.2, -0.15) is 0 Å². The van der Waals surface area contributed by atoms with Crippen molar-refractivity contribution < 1.29 is 9.32 Å².